The first kappa shape index (κ1) is 20.0. The number of fused-ring (bicyclic) bond motifs is 1. The minimum Gasteiger partial charge on any atom is -0.497 e. The van der Waals surface area contributed by atoms with Crippen molar-refractivity contribution < 1.29 is 14.3 Å². The van der Waals surface area contributed by atoms with Gasteiger partial charge in [0.1, 0.15) is 11.5 Å². The number of methoxy groups -OCH3 is 1. The van der Waals surface area contributed by atoms with Gasteiger partial charge in [0, 0.05) is 17.1 Å². The Bertz CT molecular complexity index is 1290. The molecule has 0 aliphatic heterocycles. The Morgan fingerprint density at radius 3 is 2.61 bits per heavy atom. The summed E-state index contributed by atoms with van der Waals surface area (Å²) in [4.78, 5) is 15.6. The summed E-state index contributed by atoms with van der Waals surface area (Å²) in [6.45, 7) is 0. The molecule has 0 fully saturated rings. The number of benzene rings is 3. The van der Waals surface area contributed by atoms with Gasteiger partial charge in [-0.25, -0.2) is 0 Å². The number of H-pyrrole nitrogens is 1. The number of hydrogen-bond acceptors (Lipinski definition) is 4. The first-order valence-corrected chi connectivity index (χ1v) is 9.78. The number of nitrogens with one attached hydrogen (secondary N) is 1. The zero-order chi connectivity index (χ0) is 21.6. The van der Waals surface area contributed by atoms with E-state index in [4.69, 9.17) is 9.47 Å². The summed E-state index contributed by atoms with van der Waals surface area (Å²) < 4.78 is 10.7. The number of rotatable bonds is 6. The second kappa shape index (κ2) is 9.02. The van der Waals surface area contributed by atoms with Crippen molar-refractivity contribution in [3.05, 3.63) is 95.7 Å². The number of carbonyl (C=O) groups is 1. The quantitative estimate of drug-likeness (QED) is 0.201. The number of hydrogen-bond donors (Lipinski definition) is 1. The Morgan fingerprint density at radius 2 is 1.84 bits per heavy atom. The van der Waals surface area contributed by atoms with Crippen molar-refractivity contribution in [2.75, 3.05) is 7.11 Å². The molecular weight excluding hydrogens is 388 g/mol. The van der Waals surface area contributed by atoms with Crippen molar-refractivity contribution in [2.24, 2.45) is 0 Å². The number of esters is 1. The highest BCUT2D eigenvalue weighted by Gasteiger charge is 2.11. The topological polar surface area (TPSA) is 75.1 Å². The van der Waals surface area contributed by atoms with Crippen LogP contribution in [0.4, 0.5) is 0 Å². The number of carbonyl (C=O) groups excluding carboxylic acids is 1. The number of para-hydroxylation sites is 1. The zero-order valence-electron chi connectivity index (χ0n) is 17.0. The van der Waals surface area contributed by atoms with Crippen molar-refractivity contribution in [1.29, 1.82) is 5.26 Å². The van der Waals surface area contributed by atoms with Crippen LogP contribution in [-0.2, 0) is 11.2 Å². The lowest BCUT2D eigenvalue weighted by molar-refractivity contribution is -0.133. The average molecular weight is 408 g/mol. The summed E-state index contributed by atoms with van der Waals surface area (Å²) in [7, 11) is 1.60. The third kappa shape index (κ3) is 4.65. The summed E-state index contributed by atoms with van der Waals surface area (Å²) in [5, 5.41) is 10.6. The van der Waals surface area contributed by atoms with Crippen molar-refractivity contribution in [3.63, 3.8) is 0 Å². The van der Waals surface area contributed by atoms with Gasteiger partial charge >= 0.3 is 5.97 Å². The molecule has 0 bridgehead atoms. The van der Waals surface area contributed by atoms with E-state index in [0.29, 0.717) is 11.3 Å². The lowest BCUT2D eigenvalue weighted by atomic mass is 10.0. The van der Waals surface area contributed by atoms with Gasteiger partial charge in [-0.15, -0.1) is 0 Å². The van der Waals surface area contributed by atoms with E-state index in [1.54, 1.807) is 31.4 Å². The number of nitrogens with zero attached hydrogens (tertiary/aromatic N) is 1. The fourth-order valence-corrected chi connectivity index (χ4v) is 3.39. The van der Waals surface area contributed by atoms with Crippen LogP contribution in [0.2, 0.25) is 0 Å². The molecule has 4 rings (SSSR count). The SMILES string of the molecule is COc1ccc(/C(C#N)=C\c2cccc(OC(=O)Cc3c[nH]c4ccccc34)c2)cc1. The summed E-state index contributed by atoms with van der Waals surface area (Å²) in [5.74, 6) is 0.817. The Kier molecular flexibility index (Phi) is 5.82. The third-order valence-corrected chi connectivity index (χ3v) is 4.93. The van der Waals surface area contributed by atoms with Crippen molar-refractivity contribution in [1.82, 2.24) is 4.98 Å². The van der Waals surface area contributed by atoms with E-state index in [0.717, 1.165) is 33.3 Å². The normalized spacial score (nSPS) is 11.2. The smallest absolute Gasteiger partial charge is 0.315 e. The summed E-state index contributed by atoms with van der Waals surface area (Å²) >= 11 is 0. The predicted molar refractivity (Wildman–Crippen MR) is 121 cm³/mol. The molecule has 0 saturated carbocycles. The first-order valence-electron chi connectivity index (χ1n) is 9.78. The van der Waals surface area contributed by atoms with Crippen LogP contribution >= 0.6 is 0 Å². The van der Waals surface area contributed by atoms with Gasteiger partial charge in [-0.3, -0.25) is 4.79 Å². The van der Waals surface area contributed by atoms with Gasteiger partial charge in [0.2, 0.25) is 0 Å². The van der Waals surface area contributed by atoms with Gasteiger partial charge in [0.05, 0.1) is 25.2 Å². The van der Waals surface area contributed by atoms with Crippen molar-refractivity contribution >= 4 is 28.5 Å². The van der Waals surface area contributed by atoms with Gasteiger partial charge in [0.25, 0.3) is 0 Å². The highest BCUT2D eigenvalue weighted by Crippen LogP contribution is 2.23. The molecule has 0 atom stereocenters. The van der Waals surface area contributed by atoms with Crippen LogP contribution in [-0.4, -0.2) is 18.1 Å². The van der Waals surface area contributed by atoms with Crippen LogP contribution in [0.3, 0.4) is 0 Å². The van der Waals surface area contributed by atoms with Crippen LogP contribution in [0.15, 0.2) is 79.0 Å². The number of allylic oxidation sites excluding steroid dienone is 1. The second-order valence-electron chi connectivity index (χ2n) is 6.98. The van der Waals surface area contributed by atoms with Gasteiger partial charge in [0.15, 0.2) is 0 Å². The van der Waals surface area contributed by atoms with Crippen LogP contribution in [0.1, 0.15) is 16.7 Å². The largest absolute Gasteiger partial charge is 0.497 e. The van der Waals surface area contributed by atoms with E-state index >= 15 is 0 Å². The molecule has 4 aromatic rings. The van der Waals surface area contributed by atoms with E-state index in [1.165, 1.54) is 0 Å². The van der Waals surface area contributed by atoms with Crippen LogP contribution in [0.25, 0.3) is 22.6 Å². The molecule has 3 aromatic carbocycles. The zero-order valence-corrected chi connectivity index (χ0v) is 17.0. The summed E-state index contributed by atoms with van der Waals surface area (Å²) in [6.07, 6.45) is 3.76. The highest BCUT2D eigenvalue weighted by molar-refractivity contribution is 5.90. The number of aromatic amines is 1. The Balaban J connectivity index is 1.50. The Hall–Kier alpha value is -4.30. The molecule has 0 spiro atoms. The average Bonchev–Trinajstić information content (AvgIpc) is 3.20. The lowest BCUT2D eigenvalue weighted by Crippen LogP contribution is -2.11. The standard InChI is InChI=1S/C26H20N2O3/c1-30-22-11-9-19(10-12-22)20(16-27)13-18-5-4-6-23(14-18)31-26(29)15-21-17-28-25-8-3-2-7-24(21)25/h2-14,17,28H,15H2,1H3/b20-13-. The molecule has 5 nitrogen and oxygen atoms in total. The molecule has 1 heterocycles. The van der Waals surface area contributed by atoms with E-state index in [9.17, 15) is 10.1 Å². The monoisotopic (exact) mass is 408 g/mol. The molecule has 5 heteroatoms. The molecule has 0 aliphatic rings. The first-order chi connectivity index (χ1) is 15.2. The third-order valence-electron chi connectivity index (χ3n) is 4.93. The van der Waals surface area contributed by atoms with E-state index in [-0.39, 0.29) is 12.4 Å². The predicted octanol–water partition coefficient (Wildman–Crippen LogP) is 5.39. The van der Waals surface area contributed by atoms with E-state index in [1.807, 2.05) is 60.8 Å². The van der Waals surface area contributed by atoms with E-state index < -0.39 is 0 Å². The number of ether oxygens (including phenoxy) is 2. The Morgan fingerprint density at radius 1 is 1.03 bits per heavy atom. The van der Waals surface area contributed by atoms with Crippen LogP contribution < -0.4 is 9.47 Å². The number of aromatic nitrogens is 1. The Labute approximate surface area is 180 Å². The fourth-order valence-electron chi connectivity index (χ4n) is 3.39. The van der Waals surface area contributed by atoms with Gasteiger partial charge < -0.3 is 14.5 Å². The molecule has 31 heavy (non-hydrogen) atoms. The molecule has 0 unspecified atom stereocenters. The summed E-state index contributed by atoms with van der Waals surface area (Å²) in [5.41, 5.74) is 3.93. The maximum absolute atomic E-state index is 12.5. The van der Waals surface area contributed by atoms with Crippen molar-refractivity contribution in [2.45, 2.75) is 6.42 Å². The molecule has 152 valence electrons. The molecule has 0 radical (unpaired) electrons. The molecule has 0 saturated heterocycles. The van der Waals surface area contributed by atoms with E-state index in [2.05, 4.69) is 11.1 Å². The van der Waals surface area contributed by atoms with Crippen molar-refractivity contribution in [3.8, 4) is 17.6 Å². The van der Waals surface area contributed by atoms with Gasteiger partial charge in [-0.1, -0.05) is 30.3 Å². The van der Waals surface area contributed by atoms with Crippen LogP contribution in [0.5, 0.6) is 11.5 Å². The van der Waals surface area contributed by atoms with Gasteiger partial charge in [-0.05, 0) is 65.2 Å². The number of nitriles is 1. The second-order valence-corrected chi connectivity index (χ2v) is 6.98. The maximum atomic E-state index is 12.5. The molecule has 1 N–H and O–H groups in total. The molecular formula is C26H20N2O3. The lowest BCUT2D eigenvalue weighted by Gasteiger charge is -2.06. The molecule has 1 aromatic heterocycles. The molecule has 0 aliphatic carbocycles. The maximum Gasteiger partial charge on any atom is 0.315 e. The minimum atomic E-state index is -0.346. The van der Waals surface area contributed by atoms with Crippen LogP contribution in [0, 0.1) is 11.3 Å². The fraction of sp³-hybridized carbons (Fsp3) is 0.0769. The molecule has 0 amide bonds. The highest BCUT2D eigenvalue weighted by atomic mass is 16.5. The summed E-state index contributed by atoms with van der Waals surface area (Å²) in [6, 6.07) is 24.5. The van der Waals surface area contributed by atoms with Gasteiger partial charge in [-0.2, -0.15) is 5.26 Å². The minimum absolute atomic E-state index is 0.166.